The van der Waals surface area contributed by atoms with E-state index < -0.39 is 48.9 Å². The largest absolute Gasteiger partial charge is 0.480 e. The molecule has 0 spiro atoms. The van der Waals surface area contributed by atoms with E-state index in [1.165, 1.54) is 16.7 Å². The minimum atomic E-state index is -1.12. The van der Waals surface area contributed by atoms with E-state index in [1.54, 1.807) is 13.8 Å². The van der Waals surface area contributed by atoms with Crippen LogP contribution in [0.4, 0.5) is 0 Å². The molecule has 0 radical (unpaired) electrons. The van der Waals surface area contributed by atoms with Crippen molar-refractivity contribution < 1.29 is 43.8 Å². The second-order valence-corrected chi connectivity index (χ2v) is 11.0. The Morgan fingerprint density at radius 3 is 1.59 bits per heavy atom. The number of thiol groups is 1. The van der Waals surface area contributed by atoms with Crippen molar-refractivity contribution in [2.45, 2.75) is 58.5 Å². The van der Waals surface area contributed by atoms with E-state index in [0.717, 1.165) is 18.2 Å². The number of carbonyl (C=O) groups is 7. The summed E-state index contributed by atoms with van der Waals surface area (Å²) in [6.07, 6.45) is 2.58. The van der Waals surface area contributed by atoms with Crippen LogP contribution in [0.25, 0.3) is 0 Å². The fourth-order valence-corrected chi connectivity index (χ4v) is 4.91. The predicted octanol–water partition coefficient (Wildman–Crippen LogP) is -0.162. The minimum absolute atomic E-state index is 0.0492. The average Bonchev–Trinajstić information content (AvgIpc) is 3.58. The molecule has 39 heavy (non-hydrogen) atoms. The van der Waals surface area contributed by atoms with Gasteiger partial charge in [0, 0.05) is 43.4 Å². The number of thioether (sulfide) groups is 1. The van der Waals surface area contributed by atoms with Gasteiger partial charge >= 0.3 is 11.9 Å². The Morgan fingerprint density at radius 1 is 0.821 bits per heavy atom. The number of nitrogens with zero attached hydrogens (tertiary/aromatic N) is 2. The number of hydrogen-bond acceptors (Lipinski definition) is 9. The topological polar surface area (TPSA) is 190 Å². The predicted molar refractivity (Wildman–Crippen MR) is 146 cm³/mol. The van der Waals surface area contributed by atoms with Crippen molar-refractivity contribution in [3.05, 3.63) is 0 Å². The summed E-state index contributed by atoms with van der Waals surface area (Å²) in [5.74, 6) is -3.09. The maximum Gasteiger partial charge on any atom is 0.322 e. The van der Waals surface area contributed by atoms with Crippen LogP contribution in [-0.2, 0) is 33.6 Å². The molecule has 2 aliphatic rings. The van der Waals surface area contributed by atoms with E-state index in [4.69, 9.17) is 10.2 Å². The Kier molecular flexibility index (Phi) is 14.9. The molecular formula is C24H38N4O9S2. The summed E-state index contributed by atoms with van der Waals surface area (Å²) in [5.41, 5.74) is 0. The Bertz CT molecular complexity index is 933. The molecule has 2 aliphatic heterocycles. The fraction of sp³-hybridized carbons (Fsp3) is 0.708. The third-order valence-corrected chi connectivity index (χ3v) is 7.78. The highest BCUT2D eigenvalue weighted by atomic mass is 32.2. The molecule has 0 saturated carbocycles. The lowest BCUT2D eigenvalue weighted by atomic mass is 10.1. The number of aliphatic carboxylic acids is 2. The van der Waals surface area contributed by atoms with Gasteiger partial charge in [-0.25, -0.2) is 0 Å². The zero-order chi connectivity index (χ0) is 29.7. The number of carboxylic acid groups (broad SMARTS) is 2. The van der Waals surface area contributed by atoms with Crippen molar-refractivity contribution in [3.8, 4) is 0 Å². The summed E-state index contributed by atoms with van der Waals surface area (Å²) in [6.45, 7) is 5.09. The van der Waals surface area contributed by atoms with E-state index in [9.17, 15) is 33.6 Å². The van der Waals surface area contributed by atoms with E-state index in [1.807, 2.05) is 0 Å². The molecule has 220 valence electrons. The number of rotatable bonds is 11. The SMILES string of the molecule is CC(=O)SCC(C)C(=O)N1CCC[C@H]1C(=O)NCC(=O)O.CC(CS)C(=O)N1CCC[C@H]1C(=O)NCC(=O)O. The standard InChI is InChI=1S/C13H20N2O5S.C11H18N2O4S/c1-8(7-21-9(2)16)13(20)15-5-3-4-10(15)12(19)14-6-11(17)18;1-7(6-18)11(17)13-4-2-3-8(13)10(16)12-5-9(14)15/h8,10H,3-7H2,1-2H3,(H,14,19)(H,17,18);7-8,18H,2-6H2,1H3,(H,12,16)(H,14,15)/t8?,10-;7?,8-/m00/s1. The highest BCUT2D eigenvalue weighted by molar-refractivity contribution is 8.13. The van der Waals surface area contributed by atoms with Crippen LogP contribution in [0.5, 0.6) is 0 Å². The van der Waals surface area contributed by atoms with Gasteiger partial charge in [0.2, 0.25) is 23.6 Å². The van der Waals surface area contributed by atoms with Crippen LogP contribution in [0.15, 0.2) is 0 Å². The summed E-state index contributed by atoms with van der Waals surface area (Å²) in [4.78, 5) is 82.8. The van der Waals surface area contributed by atoms with Gasteiger partial charge in [0.15, 0.2) is 5.12 Å². The first kappa shape index (κ1) is 34.2. The Hall–Kier alpha value is -2.81. The minimum Gasteiger partial charge on any atom is -0.480 e. The molecule has 2 rings (SSSR count). The maximum absolute atomic E-state index is 12.3. The van der Waals surface area contributed by atoms with Crippen LogP contribution in [0.3, 0.4) is 0 Å². The molecule has 13 nitrogen and oxygen atoms in total. The summed E-state index contributed by atoms with van der Waals surface area (Å²) < 4.78 is 0. The highest BCUT2D eigenvalue weighted by Crippen LogP contribution is 2.22. The van der Waals surface area contributed by atoms with Crippen molar-refractivity contribution >= 4 is 65.1 Å². The van der Waals surface area contributed by atoms with Gasteiger partial charge in [-0.1, -0.05) is 25.6 Å². The van der Waals surface area contributed by atoms with Gasteiger partial charge in [-0.2, -0.15) is 12.6 Å². The van der Waals surface area contributed by atoms with Crippen LogP contribution in [0.1, 0.15) is 46.5 Å². The highest BCUT2D eigenvalue weighted by Gasteiger charge is 2.36. The monoisotopic (exact) mass is 590 g/mol. The van der Waals surface area contributed by atoms with Gasteiger partial charge < -0.3 is 30.6 Å². The van der Waals surface area contributed by atoms with Crippen LogP contribution < -0.4 is 10.6 Å². The summed E-state index contributed by atoms with van der Waals surface area (Å²) in [7, 11) is 0. The molecule has 0 aliphatic carbocycles. The van der Waals surface area contributed by atoms with Crippen LogP contribution >= 0.6 is 24.4 Å². The van der Waals surface area contributed by atoms with Crippen molar-refractivity contribution in [2.75, 3.05) is 37.7 Å². The molecule has 4 amide bonds. The lowest BCUT2D eigenvalue weighted by molar-refractivity contribution is -0.142. The first-order valence-electron chi connectivity index (χ1n) is 12.6. The van der Waals surface area contributed by atoms with Crippen LogP contribution in [-0.4, -0.2) is 110 Å². The van der Waals surface area contributed by atoms with Crippen molar-refractivity contribution in [1.82, 2.24) is 20.4 Å². The normalized spacial score (nSPS) is 19.8. The van der Waals surface area contributed by atoms with Crippen molar-refractivity contribution in [1.29, 1.82) is 0 Å². The van der Waals surface area contributed by atoms with E-state index in [2.05, 4.69) is 23.3 Å². The number of nitrogens with one attached hydrogen (secondary N) is 2. The second kappa shape index (κ2) is 17.0. The fourth-order valence-electron chi connectivity index (χ4n) is 4.13. The summed E-state index contributed by atoms with van der Waals surface area (Å²) in [5, 5.41) is 21.6. The summed E-state index contributed by atoms with van der Waals surface area (Å²) >= 11 is 5.16. The first-order valence-corrected chi connectivity index (χ1v) is 14.3. The number of amides is 4. The molecule has 15 heteroatoms. The summed E-state index contributed by atoms with van der Waals surface area (Å²) in [6, 6.07) is -1.15. The molecule has 0 aromatic heterocycles. The molecule has 2 unspecified atom stereocenters. The molecule has 0 bridgehead atoms. The zero-order valence-electron chi connectivity index (χ0n) is 22.4. The average molecular weight is 591 g/mol. The van der Waals surface area contributed by atoms with Crippen molar-refractivity contribution in [2.24, 2.45) is 11.8 Å². The van der Waals surface area contributed by atoms with Gasteiger partial charge in [-0.15, -0.1) is 0 Å². The van der Waals surface area contributed by atoms with E-state index in [-0.39, 0.29) is 28.8 Å². The quantitative estimate of drug-likeness (QED) is 0.202. The van der Waals surface area contributed by atoms with Gasteiger partial charge in [0.25, 0.3) is 0 Å². The van der Waals surface area contributed by atoms with E-state index >= 15 is 0 Å². The smallest absolute Gasteiger partial charge is 0.322 e. The maximum atomic E-state index is 12.3. The number of likely N-dealkylation sites (tertiary alicyclic amines) is 2. The van der Waals surface area contributed by atoms with Gasteiger partial charge in [0.05, 0.1) is 0 Å². The number of carboxylic acids is 2. The molecule has 2 fully saturated rings. The molecule has 4 atom stereocenters. The third kappa shape index (κ3) is 11.4. The second-order valence-electron chi connectivity index (χ2n) is 9.39. The molecule has 2 heterocycles. The Labute approximate surface area is 237 Å². The van der Waals surface area contributed by atoms with Gasteiger partial charge in [0.1, 0.15) is 25.2 Å². The van der Waals surface area contributed by atoms with E-state index in [0.29, 0.717) is 43.9 Å². The van der Waals surface area contributed by atoms with Crippen LogP contribution in [0, 0.1) is 11.8 Å². The molecule has 4 N–H and O–H groups in total. The number of carbonyl (C=O) groups excluding carboxylic acids is 5. The lowest BCUT2D eigenvalue weighted by Gasteiger charge is -2.26. The number of hydrogen-bond donors (Lipinski definition) is 5. The first-order chi connectivity index (χ1) is 18.3. The zero-order valence-corrected chi connectivity index (χ0v) is 24.1. The molecule has 2 saturated heterocycles. The molecule has 0 aromatic rings. The molecular weight excluding hydrogens is 552 g/mol. The molecule has 0 aromatic carbocycles. The Morgan fingerprint density at radius 2 is 1.23 bits per heavy atom. The Balaban J connectivity index is 0.000000395. The van der Waals surface area contributed by atoms with Crippen LogP contribution in [0.2, 0.25) is 0 Å². The van der Waals surface area contributed by atoms with Gasteiger partial charge in [-0.3, -0.25) is 33.6 Å². The third-order valence-electron chi connectivity index (χ3n) is 6.16. The van der Waals surface area contributed by atoms with Gasteiger partial charge in [-0.05, 0) is 25.7 Å². The lowest BCUT2D eigenvalue weighted by Crippen LogP contribution is -2.48. The van der Waals surface area contributed by atoms with Crippen molar-refractivity contribution in [3.63, 3.8) is 0 Å².